The molecule has 0 aliphatic heterocycles. The summed E-state index contributed by atoms with van der Waals surface area (Å²) < 4.78 is 10.9. The molecule has 262 valence electrons. The molecule has 1 aromatic heterocycles. The Labute approximate surface area is 293 Å². The van der Waals surface area contributed by atoms with Crippen LogP contribution in [0.3, 0.4) is 0 Å². The molecule has 4 aromatic rings. The number of amides is 4. The van der Waals surface area contributed by atoms with Crippen LogP contribution in [-0.2, 0) is 19.2 Å². The van der Waals surface area contributed by atoms with E-state index in [2.05, 4.69) is 21.3 Å². The Hall–Kier alpha value is -6.55. The highest BCUT2D eigenvalue weighted by Gasteiger charge is 2.88. The van der Waals surface area contributed by atoms with Gasteiger partial charge in [-0.2, -0.15) is 0 Å². The number of hydrogen-bond donors (Lipinski definition) is 6. The lowest BCUT2D eigenvalue weighted by Gasteiger charge is -2.21. The molecule has 15 nitrogen and oxygen atoms in total. The topological polar surface area (TPSA) is 227 Å². The summed E-state index contributed by atoms with van der Waals surface area (Å²) in [6.45, 7) is 2.58. The Morgan fingerprint density at radius 1 is 0.686 bits per heavy atom. The molecule has 5 rings (SSSR count). The van der Waals surface area contributed by atoms with E-state index in [1.54, 1.807) is 17.5 Å². The molecule has 0 spiro atoms. The molecule has 4 amide bonds. The first-order valence-electron chi connectivity index (χ1n) is 15.0. The van der Waals surface area contributed by atoms with Crippen molar-refractivity contribution in [2.45, 2.75) is 30.8 Å². The van der Waals surface area contributed by atoms with Crippen molar-refractivity contribution in [2.75, 3.05) is 17.7 Å². The fourth-order valence-corrected chi connectivity index (χ4v) is 6.42. The minimum atomic E-state index is -2.68. The van der Waals surface area contributed by atoms with Crippen LogP contribution in [0.1, 0.15) is 55.7 Å². The normalized spacial score (nSPS) is 18.8. The van der Waals surface area contributed by atoms with Crippen LogP contribution in [0.2, 0.25) is 0 Å². The molecule has 6 N–H and O–H groups in total. The van der Waals surface area contributed by atoms with Crippen LogP contribution in [0.25, 0.3) is 0 Å². The van der Waals surface area contributed by atoms with Crippen molar-refractivity contribution in [1.82, 2.24) is 10.6 Å². The predicted molar refractivity (Wildman–Crippen MR) is 182 cm³/mol. The summed E-state index contributed by atoms with van der Waals surface area (Å²) >= 11 is 1.14. The maximum absolute atomic E-state index is 13.6. The number of nitrogens with one attached hydrogen (secondary N) is 4. The Balaban J connectivity index is 1.57. The summed E-state index contributed by atoms with van der Waals surface area (Å²) in [5.74, 6) is -8.78. The monoisotopic (exact) mass is 714 g/mol. The minimum Gasteiger partial charge on any atom is -0.493 e. The number of ether oxygens (including phenoxy) is 2. The van der Waals surface area contributed by atoms with E-state index >= 15 is 0 Å². The minimum absolute atomic E-state index is 0.00446. The van der Waals surface area contributed by atoms with Gasteiger partial charge in [-0.05, 0) is 77.7 Å². The van der Waals surface area contributed by atoms with Crippen LogP contribution in [0.4, 0.5) is 11.4 Å². The zero-order chi connectivity index (χ0) is 37.1. The lowest BCUT2D eigenvalue weighted by Crippen LogP contribution is -2.59. The first kappa shape index (κ1) is 35.7. The summed E-state index contributed by atoms with van der Waals surface area (Å²) in [5, 5.41) is 33.0. The number of methoxy groups -OCH3 is 1. The van der Waals surface area contributed by atoms with Crippen molar-refractivity contribution < 1.29 is 53.2 Å². The van der Waals surface area contributed by atoms with Crippen molar-refractivity contribution in [2.24, 2.45) is 0 Å². The van der Waals surface area contributed by atoms with E-state index in [0.717, 1.165) is 11.3 Å². The third-order valence-electron chi connectivity index (χ3n) is 8.08. The quantitative estimate of drug-likeness (QED) is 0.0920. The largest absolute Gasteiger partial charge is 0.493 e. The maximum Gasteiger partial charge on any atom is 0.353 e. The Kier molecular flexibility index (Phi) is 9.90. The van der Waals surface area contributed by atoms with Crippen LogP contribution in [0, 0.1) is 0 Å². The van der Waals surface area contributed by atoms with Gasteiger partial charge in [-0.3, -0.25) is 19.2 Å². The molecule has 51 heavy (non-hydrogen) atoms. The van der Waals surface area contributed by atoms with Gasteiger partial charge in [-0.25, -0.2) is 14.4 Å². The van der Waals surface area contributed by atoms with Gasteiger partial charge in [0.15, 0.2) is 22.6 Å². The highest BCUT2D eigenvalue weighted by molar-refractivity contribution is 7.12. The van der Waals surface area contributed by atoms with Crippen molar-refractivity contribution in [3.8, 4) is 11.5 Å². The zero-order valence-electron chi connectivity index (χ0n) is 27.1. The lowest BCUT2D eigenvalue weighted by molar-refractivity contribution is -0.147. The number of carbonyl (C=O) groups is 7. The molecule has 2 atom stereocenters. The first-order chi connectivity index (χ1) is 24.2. The van der Waals surface area contributed by atoms with Crippen molar-refractivity contribution in [3.63, 3.8) is 0 Å². The summed E-state index contributed by atoms with van der Waals surface area (Å²) in [7, 11) is 1.25. The molecule has 1 saturated carbocycles. The molecule has 16 heteroatoms. The standard InChI is InChI=1S/C35H30N4O11S/c1-18(40)36-23-11-6-20(7-12-23)29(42)38-34(32(45)46)28(22-10-15-25(26(17-22)49-3)50-31(44)27-5-4-16-51-27)35(34,33(47)48)39-30(43)21-8-13-24(14-9-21)37-19(2)41/h4-17,28H,1-3H3,(H,36,40)(H,37,41)(H,38,42)(H,39,43)(H,45,46)(H,47,48). The number of rotatable bonds is 12. The highest BCUT2D eigenvalue weighted by atomic mass is 32.1. The van der Waals surface area contributed by atoms with E-state index in [9.17, 15) is 43.8 Å². The van der Waals surface area contributed by atoms with Gasteiger partial charge in [0.05, 0.1) is 13.0 Å². The number of carboxylic acid groups (broad SMARTS) is 2. The number of carboxylic acids is 2. The Morgan fingerprint density at radius 2 is 1.18 bits per heavy atom. The van der Waals surface area contributed by atoms with Gasteiger partial charge in [0.2, 0.25) is 11.8 Å². The van der Waals surface area contributed by atoms with E-state index in [0.29, 0.717) is 16.3 Å². The van der Waals surface area contributed by atoms with E-state index in [1.165, 1.54) is 87.7 Å². The second-order valence-electron chi connectivity index (χ2n) is 11.4. The molecule has 0 bridgehead atoms. The zero-order valence-corrected chi connectivity index (χ0v) is 28.0. The number of aliphatic carboxylic acids is 2. The van der Waals surface area contributed by atoms with Crippen LogP contribution < -0.4 is 30.7 Å². The van der Waals surface area contributed by atoms with E-state index in [1.807, 2.05) is 0 Å². The second kappa shape index (κ2) is 14.1. The van der Waals surface area contributed by atoms with Crippen LogP contribution >= 0.6 is 11.3 Å². The van der Waals surface area contributed by atoms with Crippen LogP contribution in [-0.4, -0.2) is 69.9 Å². The van der Waals surface area contributed by atoms with Gasteiger partial charge in [0.25, 0.3) is 11.8 Å². The van der Waals surface area contributed by atoms with Gasteiger partial charge in [-0.1, -0.05) is 12.1 Å². The fraction of sp³-hybridized carbons (Fsp3) is 0.171. The molecule has 1 aliphatic rings. The molecular weight excluding hydrogens is 684 g/mol. The summed E-state index contributed by atoms with van der Waals surface area (Å²) in [5.41, 5.74) is -4.84. The maximum atomic E-state index is 13.6. The second-order valence-corrected chi connectivity index (χ2v) is 12.3. The number of anilines is 2. The van der Waals surface area contributed by atoms with Crippen molar-refractivity contribution in [3.05, 3.63) is 106 Å². The van der Waals surface area contributed by atoms with Crippen LogP contribution in [0.5, 0.6) is 11.5 Å². The highest BCUT2D eigenvalue weighted by Crippen LogP contribution is 2.62. The molecule has 1 fully saturated rings. The number of carbonyl (C=O) groups excluding carboxylic acids is 5. The van der Waals surface area contributed by atoms with E-state index in [4.69, 9.17) is 9.47 Å². The molecule has 3 aromatic carbocycles. The number of hydrogen-bond acceptors (Lipinski definition) is 10. The van der Waals surface area contributed by atoms with E-state index in [-0.39, 0.29) is 40.0 Å². The Morgan fingerprint density at radius 3 is 1.57 bits per heavy atom. The van der Waals surface area contributed by atoms with Gasteiger partial charge in [-0.15, -0.1) is 11.3 Å². The molecule has 1 heterocycles. The average molecular weight is 715 g/mol. The van der Waals surface area contributed by atoms with Gasteiger partial charge in [0, 0.05) is 36.3 Å². The molecule has 2 unspecified atom stereocenters. The summed E-state index contributed by atoms with van der Waals surface area (Å²) in [4.78, 5) is 89.6. The average Bonchev–Trinajstić information content (AvgIpc) is 3.35. The van der Waals surface area contributed by atoms with Crippen molar-refractivity contribution >= 4 is 64.2 Å². The smallest absolute Gasteiger partial charge is 0.353 e. The van der Waals surface area contributed by atoms with Gasteiger partial charge >= 0.3 is 17.9 Å². The third-order valence-corrected chi connectivity index (χ3v) is 8.93. The van der Waals surface area contributed by atoms with Gasteiger partial charge in [0.1, 0.15) is 4.88 Å². The molecule has 0 radical (unpaired) electrons. The number of benzene rings is 3. The molecular formula is C35H30N4O11S. The predicted octanol–water partition coefficient (Wildman–Crippen LogP) is 3.50. The lowest BCUT2D eigenvalue weighted by atomic mass is 10.0. The first-order valence-corrected chi connectivity index (χ1v) is 15.9. The fourth-order valence-electron chi connectivity index (χ4n) is 5.82. The van der Waals surface area contributed by atoms with Gasteiger partial charge < -0.3 is 41.0 Å². The number of thiophene rings is 1. The summed E-state index contributed by atoms with van der Waals surface area (Å²) in [6, 6.07) is 17.8. The van der Waals surface area contributed by atoms with E-state index < -0.39 is 46.7 Å². The van der Waals surface area contributed by atoms with Crippen LogP contribution in [0.15, 0.2) is 84.2 Å². The third kappa shape index (κ3) is 6.84. The Bertz CT molecular complexity index is 1950. The molecule has 1 aliphatic carbocycles. The number of esters is 1. The molecule has 0 saturated heterocycles. The summed E-state index contributed by atoms with van der Waals surface area (Å²) in [6.07, 6.45) is 0. The van der Waals surface area contributed by atoms with Crippen molar-refractivity contribution in [1.29, 1.82) is 0 Å². The SMILES string of the molecule is COc1cc(C2C(NC(=O)c3ccc(NC(C)=O)cc3)(C(=O)O)C2(NC(=O)c2ccc(NC(C)=O)cc2)C(=O)O)ccc1OC(=O)c1cccs1.